The molecule has 0 saturated heterocycles. The number of fused-ring (bicyclic) bond motifs is 1. The number of pyridine rings is 1. The van der Waals surface area contributed by atoms with E-state index in [0.717, 1.165) is 12.1 Å². The Balaban J connectivity index is 1.57. The second kappa shape index (κ2) is 12.6. The SMILES string of the molecule is C[C@@H]1CN([C@@H](C)CO)C(=O)Cc2cc(NC(=O)Cn3cnnn3)ccc2O[C@H]1CN(C)Cc1ccncc1. The predicted octanol–water partition coefficient (Wildman–Crippen LogP) is 0.988. The Hall–Kier alpha value is -3.90. The van der Waals surface area contributed by atoms with Crippen LogP contribution in [0.15, 0.2) is 49.1 Å². The van der Waals surface area contributed by atoms with Gasteiger partial charge in [0.2, 0.25) is 11.8 Å². The quantitative estimate of drug-likeness (QED) is 0.421. The van der Waals surface area contributed by atoms with Crippen LogP contribution in [0.5, 0.6) is 5.75 Å². The molecule has 0 bridgehead atoms. The zero-order valence-electron chi connectivity index (χ0n) is 21.9. The van der Waals surface area contributed by atoms with Crippen LogP contribution in [0.2, 0.25) is 0 Å². The van der Waals surface area contributed by atoms with Crippen molar-refractivity contribution in [2.75, 3.05) is 32.1 Å². The Morgan fingerprint density at radius 3 is 2.79 bits per heavy atom. The van der Waals surface area contributed by atoms with E-state index >= 15 is 0 Å². The molecule has 0 spiro atoms. The number of amides is 2. The molecule has 3 heterocycles. The fraction of sp³-hybridized carbons (Fsp3) is 0.462. The molecular formula is C26H34N8O4. The average Bonchev–Trinajstić information content (AvgIpc) is 3.41. The molecule has 2 N–H and O–H groups in total. The molecule has 3 aromatic rings. The van der Waals surface area contributed by atoms with Gasteiger partial charge >= 0.3 is 0 Å². The van der Waals surface area contributed by atoms with Crippen molar-refractivity contribution in [1.29, 1.82) is 0 Å². The smallest absolute Gasteiger partial charge is 0.246 e. The van der Waals surface area contributed by atoms with Gasteiger partial charge in [-0.3, -0.25) is 19.5 Å². The number of hydrogen-bond acceptors (Lipinski definition) is 9. The molecule has 1 aliphatic heterocycles. The Bertz CT molecular complexity index is 1210. The summed E-state index contributed by atoms with van der Waals surface area (Å²) in [5.74, 6) is 0.192. The molecule has 0 unspecified atom stereocenters. The van der Waals surface area contributed by atoms with Gasteiger partial charge in [0, 0.05) is 49.2 Å². The molecule has 2 amide bonds. The second-order valence-electron chi connectivity index (χ2n) is 9.82. The molecule has 38 heavy (non-hydrogen) atoms. The first-order chi connectivity index (χ1) is 18.3. The maximum Gasteiger partial charge on any atom is 0.246 e. The molecule has 2 aromatic heterocycles. The third kappa shape index (κ3) is 7.11. The fourth-order valence-electron chi connectivity index (χ4n) is 4.50. The molecule has 3 atom stereocenters. The number of nitrogens with one attached hydrogen (secondary N) is 1. The number of rotatable bonds is 9. The molecular weight excluding hydrogens is 488 g/mol. The number of aliphatic hydroxyl groups is 1. The van der Waals surface area contributed by atoms with Crippen molar-refractivity contribution >= 4 is 17.5 Å². The zero-order valence-corrected chi connectivity index (χ0v) is 21.9. The first kappa shape index (κ1) is 27.1. The summed E-state index contributed by atoms with van der Waals surface area (Å²) in [6.07, 6.45) is 4.78. The van der Waals surface area contributed by atoms with E-state index in [1.54, 1.807) is 35.5 Å². The molecule has 1 aromatic carbocycles. The van der Waals surface area contributed by atoms with Crippen molar-refractivity contribution in [3.63, 3.8) is 0 Å². The number of anilines is 1. The first-order valence-electron chi connectivity index (χ1n) is 12.6. The average molecular weight is 523 g/mol. The van der Waals surface area contributed by atoms with Gasteiger partial charge in [-0.15, -0.1) is 5.10 Å². The van der Waals surface area contributed by atoms with Gasteiger partial charge in [-0.05, 0) is 60.3 Å². The van der Waals surface area contributed by atoms with E-state index < -0.39 is 0 Å². The molecule has 12 heteroatoms. The van der Waals surface area contributed by atoms with Crippen molar-refractivity contribution in [2.45, 2.75) is 45.5 Å². The fourth-order valence-corrected chi connectivity index (χ4v) is 4.50. The summed E-state index contributed by atoms with van der Waals surface area (Å²) in [7, 11) is 2.03. The third-order valence-electron chi connectivity index (χ3n) is 6.59. The standard InChI is InChI=1S/C26H34N8O4/c1-18-12-34(19(2)16-35)26(37)11-21-10-22(29-25(36)15-33-17-28-30-31-33)4-5-23(21)38-24(18)14-32(3)13-20-6-8-27-9-7-20/h4-10,17-19,24,35H,11-16H2,1-3H3,(H,29,36)/t18-,19+,24+/m1/s1. The van der Waals surface area contributed by atoms with Crippen LogP contribution in [-0.2, 0) is 29.1 Å². The van der Waals surface area contributed by atoms with Gasteiger partial charge in [0.25, 0.3) is 0 Å². The number of carbonyl (C=O) groups is 2. The highest BCUT2D eigenvalue weighted by atomic mass is 16.5. The second-order valence-corrected chi connectivity index (χ2v) is 9.82. The van der Waals surface area contributed by atoms with Crippen molar-refractivity contribution in [2.24, 2.45) is 5.92 Å². The molecule has 1 aliphatic rings. The zero-order chi connectivity index (χ0) is 27.1. The van der Waals surface area contributed by atoms with E-state index in [4.69, 9.17) is 4.74 Å². The highest BCUT2D eigenvalue weighted by Crippen LogP contribution is 2.29. The summed E-state index contributed by atoms with van der Waals surface area (Å²) in [6.45, 7) is 5.54. The van der Waals surface area contributed by atoms with E-state index in [9.17, 15) is 14.7 Å². The normalized spacial score (nSPS) is 18.7. The molecule has 4 rings (SSSR count). The maximum atomic E-state index is 13.4. The summed E-state index contributed by atoms with van der Waals surface area (Å²) in [5, 5.41) is 23.4. The number of nitrogens with zero attached hydrogens (tertiary/aromatic N) is 7. The lowest BCUT2D eigenvalue weighted by Crippen LogP contribution is -2.47. The van der Waals surface area contributed by atoms with E-state index in [2.05, 4.69) is 37.6 Å². The molecule has 0 fully saturated rings. The molecule has 0 saturated carbocycles. The number of carbonyl (C=O) groups excluding carboxylic acids is 2. The number of aliphatic hydroxyl groups excluding tert-OH is 1. The number of aromatic nitrogens is 5. The summed E-state index contributed by atoms with van der Waals surface area (Å²) in [5.41, 5.74) is 2.35. The van der Waals surface area contributed by atoms with E-state index in [-0.39, 0.29) is 49.5 Å². The maximum absolute atomic E-state index is 13.4. The third-order valence-corrected chi connectivity index (χ3v) is 6.59. The highest BCUT2D eigenvalue weighted by molar-refractivity contribution is 5.91. The van der Waals surface area contributed by atoms with Crippen LogP contribution < -0.4 is 10.1 Å². The Labute approximate surface area is 221 Å². The topological polar surface area (TPSA) is 139 Å². The summed E-state index contributed by atoms with van der Waals surface area (Å²) in [4.78, 5) is 33.8. The van der Waals surface area contributed by atoms with Crippen LogP contribution in [0.3, 0.4) is 0 Å². The van der Waals surface area contributed by atoms with E-state index in [0.29, 0.717) is 30.1 Å². The van der Waals surface area contributed by atoms with Crippen LogP contribution in [0.4, 0.5) is 5.69 Å². The highest BCUT2D eigenvalue weighted by Gasteiger charge is 2.31. The Morgan fingerprint density at radius 1 is 1.29 bits per heavy atom. The van der Waals surface area contributed by atoms with Crippen molar-refractivity contribution in [3.05, 3.63) is 60.2 Å². The molecule has 0 aliphatic carbocycles. The van der Waals surface area contributed by atoms with Gasteiger partial charge < -0.3 is 20.1 Å². The minimum atomic E-state index is -0.333. The lowest BCUT2D eigenvalue weighted by Gasteiger charge is -2.34. The number of hydrogen-bond donors (Lipinski definition) is 2. The summed E-state index contributed by atoms with van der Waals surface area (Å²) in [6, 6.07) is 8.95. The van der Waals surface area contributed by atoms with Crippen LogP contribution in [-0.4, -0.2) is 90.8 Å². The van der Waals surface area contributed by atoms with E-state index in [1.165, 1.54) is 11.0 Å². The summed E-state index contributed by atoms with van der Waals surface area (Å²) < 4.78 is 7.88. The minimum Gasteiger partial charge on any atom is -0.488 e. The molecule has 12 nitrogen and oxygen atoms in total. The van der Waals surface area contributed by atoms with Gasteiger partial charge in [-0.2, -0.15) is 0 Å². The number of benzene rings is 1. The van der Waals surface area contributed by atoms with Crippen LogP contribution >= 0.6 is 0 Å². The molecule has 202 valence electrons. The lowest BCUT2D eigenvalue weighted by atomic mass is 10.0. The first-order valence-corrected chi connectivity index (χ1v) is 12.6. The van der Waals surface area contributed by atoms with Gasteiger partial charge in [0.1, 0.15) is 24.7 Å². The lowest BCUT2D eigenvalue weighted by molar-refractivity contribution is -0.134. The van der Waals surface area contributed by atoms with Gasteiger partial charge in [0.05, 0.1) is 19.1 Å². The number of ether oxygens (including phenoxy) is 1. The largest absolute Gasteiger partial charge is 0.488 e. The Morgan fingerprint density at radius 2 is 2.08 bits per heavy atom. The van der Waals surface area contributed by atoms with Gasteiger partial charge in [-0.25, -0.2) is 4.68 Å². The van der Waals surface area contributed by atoms with Crippen LogP contribution in [0.25, 0.3) is 0 Å². The van der Waals surface area contributed by atoms with Crippen molar-refractivity contribution < 1.29 is 19.4 Å². The predicted molar refractivity (Wildman–Crippen MR) is 139 cm³/mol. The van der Waals surface area contributed by atoms with Crippen molar-refractivity contribution in [1.82, 2.24) is 35.0 Å². The molecule has 0 radical (unpaired) electrons. The van der Waals surface area contributed by atoms with Crippen molar-refractivity contribution in [3.8, 4) is 5.75 Å². The van der Waals surface area contributed by atoms with E-state index in [1.807, 2.05) is 26.1 Å². The monoisotopic (exact) mass is 522 g/mol. The minimum absolute atomic E-state index is 0.00513. The number of likely N-dealkylation sites (N-methyl/N-ethyl adjacent to an activating group) is 1. The van der Waals surface area contributed by atoms with Gasteiger partial charge in [-0.1, -0.05) is 6.92 Å². The van der Waals surface area contributed by atoms with Gasteiger partial charge in [0.15, 0.2) is 0 Å². The number of tetrazole rings is 1. The Kier molecular flexibility index (Phi) is 8.98. The summed E-state index contributed by atoms with van der Waals surface area (Å²) >= 11 is 0. The van der Waals surface area contributed by atoms with Crippen LogP contribution in [0, 0.1) is 5.92 Å². The van der Waals surface area contributed by atoms with Crippen LogP contribution in [0.1, 0.15) is 25.0 Å².